The van der Waals surface area contributed by atoms with Gasteiger partial charge in [0.1, 0.15) is 29.0 Å². The van der Waals surface area contributed by atoms with Crippen LogP contribution < -0.4 is 10.6 Å². The van der Waals surface area contributed by atoms with Crippen LogP contribution in [0, 0.1) is 33.5 Å². The number of carbonyl (C=O) groups excluding carboxylic acids is 1. The first-order valence-electron chi connectivity index (χ1n) is 6.80. The van der Waals surface area contributed by atoms with Crippen molar-refractivity contribution in [2.45, 2.75) is 6.92 Å². The Bertz CT molecular complexity index is 839. The van der Waals surface area contributed by atoms with Gasteiger partial charge in [0.25, 0.3) is 5.91 Å². The van der Waals surface area contributed by atoms with E-state index in [-0.39, 0.29) is 5.57 Å². The van der Waals surface area contributed by atoms with E-state index in [0.29, 0.717) is 5.69 Å². The highest BCUT2D eigenvalue weighted by molar-refractivity contribution is 14.1. The molecule has 24 heavy (non-hydrogen) atoms. The van der Waals surface area contributed by atoms with E-state index in [1.807, 2.05) is 19.1 Å². The van der Waals surface area contributed by atoms with E-state index in [2.05, 4.69) is 33.2 Å². The van der Waals surface area contributed by atoms with Crippen molar-refractivity contribution >= 4 is 39.9 Å². The average Bonchev–Trinajstić information content (AvgIpc) is 2.53. The number of nitrogens with one attached hydrogen (secondary N) is 2. The van der Waals surface area contributed by atoms with E-state index in [4.69, 9.17) is 5.26 Å². The van der Waals surface area contributed by atoms with Gasteiger partial charge < -0.3 is 10.6 Å². The molecule has 0 radical (unpaired) electrons. The molecule has 0 aliphatic rings. The van der Waals surface area contributed by atoms with Crippen LogP contribution in [0.5, 0.6) is 0 Å². The third-order valence-electron chi connectivity index (χ3n) is 3.13. The topological polar surface area (TPSA) is 64.9 Å². The summed E-state index contributed by atoms with van der Waals surface area (Å²) < 4.78 is 28.1. The van der Waals surface area contributed by atoms with Crippen molar-refractivity contribution in [2.24, 2.45) is 0 Å². The minimum absolute atomic E-state index is 0.310. The molecule has 0 aliphatic carbocycles. The number of anilines is 2. The molecule has 0 heterocycles. The summed E-state index contributed by atoms with van der Waals surface area (Å²) in [5, 5.41) is 14.0. The molecule has 0 aromatic heterocycles. The Balaban J connectivity index is 2.18. The second kappa shape index (κ2) is 7.88. The zero-order chi connectivity index (χ0) is 17.7. The van der Waals surface area contributed by atoms with Crippen molar-refractivity contribution in [3.63, 3.8) is 0 Å². The van der Waals surface area contributed by atoms with E-state index < -0.39 is 23.2 Å². The SMILES string of the molecule is Cc1cc(I)ccc1NC(=O)/C(C#N)=C\Nc1c(F)cccc1F. The minimum Gasteiger partial charge on any atom is -0.355 e. The molecule has 2 rings (SSSR count). The molecule has 0 atom stereocenters. The lowest BCUT2D eigenvalue weighted by molar-refractivity contribution is -0.112. The molecule has 2 aromatic rings. The van der Waals surface area contributed by atoms with Gasteiger partial charge in [-0.2, -0.15) is 5.26 Å². The zero-order valence-corrected chi connectivity index (χ0v) is 14.7. The number of para-hydroxylation sites is 1. The highest BCUT2D eigenvalue weighted by atomic mass is 127. The van der Waals surface area contributed by atoms with E-state index in [9.17, 15) is 13.6 Å². The van der Waals surface area contributed by atoms with Gasteiger partial charge in [-0.3, -0.25) is 4.79 Å². The van der Waals surface area contributed by atoms with Crippen molar-refractivity contribution < 1.29 is 13.6 Å². The maximum Gasteiger partial charge on any atom is 0.267 e. The largest absolute Gasteiger partial charge is 0.355 e. The molecule has 0 saturated heterocycles. The Labute approximate surface area is 151 Å². The van der Waals surface area contributed by atoms with Gasteiger partial charge in [0.05, 0.1) is 0 Å². The molecule has 0 saturated carbocycles. The first kappa shape index (κ1) is 17.9. The highest BCUT2D eigenvalue weighted by Gasteiger charge is 2.12. The third kappa shape index (κ3) is 4.29. The predicted molar refractivity (Wildman–Crippen MR) is 96.2 cm³/mol. The van der Waals surface area contributed by atoms with Crippen LogP contribution in [0.2, 0.25) is 0 Å². The van der Waals surface area contributed by atoms with Crippen molar-refractivity contribution in [3.8, 4) is 6.07 Å². The molecule has 1 amide bonds. The lowest BCUT2D eigenvalue weighted by atomic mass is 10.2. The fraction of sp³-hybridized carbons (Fsp3) is 0.0588. The number of nitrogens with zero attached hydrogens (tertiary/aromatic N) is 1. The normalized spacial score (nSPS) is 10.9. The Morgan fingerprint density at radius 1 is 1.25 bits per heavy atom. The molecule has 0 fully saturated rings. The van der Waals surface area contributed by atoms with Gasteiger partial charge in [-0.1, -0.05) is 6.07 Å². The number of carbonyl (C=O) groups is 1. The maximum absolute atomic E-state index is 13.5. The van der Waals surface area contributed by atoms with Crippen LogP contribution in [-0.2, 0) is 4.79 Å². The molecule has 0 aliphatic heterocycles. The fourth-order valence-electron chi connectivity index (χ4n) is 1.89. The molecule has 2 aromatic carbocycles. The van der Waals surface area contributed by atoms with Crippen molar-refractivity contribution in [3.05, 3.63) is 68.9 Å². The number of aryl methyl sites for hydroxylation is 1. The molecule has 0 unspecified atom stereocenters. The Kier molecular flexibility index (Phi) is 5.87. The quantitative estimate of drug-likeness (QED) is 0.424. The number of rotatable bonds is 4. The standard InChI is InChI=1S/C17H12F2IN3O/c1-10-7-12(20)5-6-15(10)23-17(24)11(8-21)9-22-16-13(18)3-2-4-14(16)19/h2-7,9,22H,1H3,(H,23,24)/b11-9-. The summed E-state index contributed by atoms with van der Waals surface area (Å²) in [5.74, 6) is -2.32. The number of amides is 1. The van der Waals surface area contributed by atoms with Gasteiger partial charge in [-0.05, 0) is 65.4 Å². The second-order valence-corrected chi connectivity index (χ2v) is 6.07. The van der Waals surface area contributed by atoms with E-state index in [1.165, 1.54) is 6.07 Å². The average molecular weight is 439 g/mol. The summed E-state index contributed by atoms with van der Waals surface area (Å²) in [5.41, 5.74) is 0.651. The van der Waals surface area contributed by atoms with Crippen LogP contribution in [0.3, 0.4) is 0 Å². The lowest BCUT2D eigenvalue weighted by Gasteiger charge is -2.09. The summed E-state index contributed by atoms with van der Waals surface area (Å²) in [6.45, 7) is 1.82. The van der Waals surface area contributed by atoms with Gasteiger partial charge in [0, 0.05) is 15.5 Å². The predicted octanol–water partition coefficient (Wildman–Crippen LogP) is 4.34. The van der Waals surface area contributed by atoms with Crippen molar-refractivity contribution in [1.82, 2.24) is 0 Å². The molecule has 122 valence electrons. The molecule has 0 bridgehead atoms. The Morgan fingerprint density at radius 2 is 1.92 bits per heavy atom. The summed E-state index contributed by atoms with van der Waals surface area (Å²) in [4.78, 5) is 12.1. The molecule has 7 heteroatoms. The van der Waals surface area contributed by atoms with Crippen LogP contribution in [0.15, 0.2) is 48.2 Å². The summed E-state index contributed by atoms with van der Waals surface area (Å²) >= 11 is 2.14. The van der Waals surface area contributed by atoms with Gasteiger partial charge in [-0.15, -0.1) is 0 Å². The third-order valence-corrected chi connectivity index (χ3v) is 3.80. The van der Waals surface area contributed by atoms with Crippen molar-refractivity contribution in [2.75, 3.05) is 10.6 Å². The molecular formula is C17H12F2IN3O. The number of halogens is 3. The van der Waals surface area contributed by atoms with E-state index in [1.54, 1.807) is 12.1 Å². The van der Waals surface area contributed by atoms with Gasteiger partial charge in [0.15, 0.2) is 0 Å². The maximum atomic E-state index is 13.5. The second-order valence-electron chi connectivity index (χ2n) is 4.82. The summed E-state index contributed by atoms with van der Waals surface area (Å²) in [7, 11) is 0. The van der Waals surface area contributed by atoms with Crippen molar-refractivity contribution in [1.29, 1.82) is 5.26 Å². The fourth-order valence-corrected chi connectivity index (χ4v) is 2.53. The molecule has 2 N–H and O–H groups in total. The zero-order valence-electron chi connectivity index (χ0n) is 12.5. The summed E-state index contributed by atoms with van der Waals surface area (Å²) in [6, 6.07) is 10.5. The molecule has 4 nitrogen and oxygen atoms in total. The van der Waals surface area contributed by atoms with E-state index in [0.717, 1.165) is 27.5 Å². The first-order valence-corrected chi connectivity index (χ1v) is 7.88. The smallest absolute Gasteiger partial charge is 0.267 e. The van der Waals surface area contributed by atoms with Crippen LogP contribution in [0.1, 0.15) is 5.56 Å². The van der Waals surface area contributed by atoms with Gasteiger partial charge in [-0.25, -0.2) is 8.78 Å². The number of hydrogen-bond donors (Lipinski definition) is 2. The number of nitriles is 1. The van der Waals surface area contributed by atoms with Crippen LogP contribution in [0.25, 0.3) is 0 Å². The minimum atomic E-state index is -0.822. The Morgan fingerprint density at radius 3 is 2.50 bits per heavy atom. The highest BCUT2D eigenvalue weighted by Crippen LogP contribution is 2.20. The molecule has 0 spiro atoms. The van der Waals surface area contributed by atoms with Gasteiger partial charge in [0.2, 0.25) is 0 Å². The summed E-state index contributed by atoms with van der Waals surface area (Å²) in [6.07, 6.45) is 0.971. The monoisotopic (exact) mass is 439 g/mol. The van der Waals surface area contributed by atoms with Gasteiger partial charge >= 0.3 is 0 Å². The van der Waals surface area contributed by atoms with E-state index >= 15 is 0 Å². The Hall–Kier alpha value is -2.47. The number of hydrogen-bond acceptors (Lipinski definition) is 3. The number of benzene rings is 2. The lowest BCUT2D eigenvalue weighted by Crippen LogP contribution is -2.15. The van der Waals surface area contributed by atoms with Crippen LogP contribution in [-0.4, -0.2) is 5.91 Å². The van der Waals surface area contributed by atoms with Crippen LogP contribution in [0.4, 0.5) is 20.2 Å². The molecular weight excluding hydrogens is 427 g/mol. The first-order chi connectivity index (χ1) is 11.4. The van der Waals surface area contributed by atoms with Crippen LogP contribution >= 0.6 is 22.6 Å².